The number of fused-ring (bicyclic) bond motifs is 1. The van der Waals surface area contributed by atoms with E-state index < -0.39 is 18.8 Å². The molecule has 0 aliphatic carbocycles. The lowest BCUT2D eigenvalue weighted by Gasteiger charge is -2.35. The number of aromatic nitrogens is 6. The molecule has 2 aliphatic heterocycles. The summed E-state index contributed by atoms with van der Waals surface area (Å²) in [6, 6.07) is 0. The lowest BCUT2D eigenvalue weighted by atomic mass is 10.2. The average molecular weight is 551 g/mol. The predicted octanol–water partition coefficient (Wildman–Crippen LogP) is 0.684. The minimum absolute atomic E-state index is 0.0112. The van der Waals surface area contributed by atoms with Gasteiger partial charge in [0.15, 0.2) is 22.8 Å². The van der Waals surface area contributed by atoms with Gasteiger partial charge in [-0.25, -0.2) is 24.9 Å². The van der Waals surface area contributed by atoms with Crippen LogP contribution in [-0.2, 0) is 16.1 Å². The van der Waals surface area contributed by atoms with Gasteiger partial charge in [-0.3, -0.25) is 9.36 Å². The molecule has 16 heteroatoms. The fourth-order valence-electron chi connectivity index (χ4n) is 4.66. The Labute approximate surface area is 221 Å². The van der Waals surface area contributed by atoms with Gasteiger partial charge in [0.2, 0.25) is 17.8 Å². The maximum atomic E-state index is 13.9. The second-order valence-electron chi connectivity index (χ2n) is 9.51. The zero-order valence-corrected chi connectivity index (χ0v) is 21.3. The molecular formula is C23H29F3N10O3. The smallest absolute Gasteiger partial charge is 0.393 e. The number of ether oxygens (including phenoxy) is 1. The number of hydrogen-bond donors (Lipinski definition) is 2. The van der Waals surface area contributed by atoms with Gasteiger partial charge in [0.25, 0.3) is 0 Å². The minimum atomic E-state index is -4.55. The van der Waals surface area contributed by atoms with Crippen molar-refractivity contribution in [3.8, 4) is 11.4 Å². The molecule has 1 amide bonds. The number of aliphatic hydroxyl groups excluding tert-OH is 1. The van der Waals surface area contributed by atoms with Crippen LogP contribution in [0, 0.1) is 0 Å². The molecule has 0 spiro atoms. The first kappa shape index (κ1) is 26.8. The number of nitrogens with zero attached hydrogens (tertiary/aromatic N) is 9. The molecule has 0 saturated carbocycles. The Morgan fingerprint density at radius 3 is 2.33 bits per heavy atom. The molecule has 0 radical (unpaired) electrons. The van der Waals surface area contributed by atoms with E-state index in [0.717, 1.165) is 4.57 Å². The molecule has 3 N–H and O–H groups in total. The summed E-state index contributed by atoms with van der Waals surface area (Å²) in [5, 5.41) is 9.54. The molecule has 2 saturated heterocycles. The number of nitrogen functional groups attached to an aromatic ring is 1. The van der Waals surface area contributed by atoms with E-state index in [9.17, 15) is 23.1 Å². The van der Waals surface area contributed by atoms with Crippen LogP contribution in [0.1, 0.15) is 13.3 Å². The van der Waals surface area contributed by atoms with Crippen LogP contribution in [0.25, 0.3) is 22.6 Å². The summed E-state index contributed by atoms with van der Waals surface area (Å²) in [7, 11) is 0. The van der Waals surface area contributed by atoms with Gasteiger partial charge < -0.3 is 30.3 Å². The molecule has 2 fully saturated rings. The number of halogens is 3. The summed E-state index contributed by atoms with van der Waals surface area (Å²) < 4.78 is 48.1. The summed E-state index contributed by atoms with van der Waals surface area (Å²) >= 11 is 0. The van der Waals surface area contributed by atoms with E-state index in [1.165, 1.54) is 19.3 Å². The predicted molar refractivity (Wildman–Crippen MR) is 135 cm³/mol. The third-order valence-corrected chi connectivity index (χ3v) is 6.52. The number of anilines is 3. The average Bonchev–Trinajstić information content (AvgIpc) is 3.25. The Kier molecular flexibility index (Phi) is 7.40. The molecule has 13 nitrogen and oxygen atoms in total. The molecule has 5 rings (SSSR count). The lowest BCUT2D eigenvalue weighted by Crippen LogP contribution is -2.50. The number of carbonyl (C=O) groups excluding carboxylic acids is 1. The Morgan fingerprint density at radius 2 is 1.72 bits per heavy atom. The van der Waals surface area contributed by atoms with Gasteiger partial charge >= 0.3 is 6.18 Å². The summed E-state index contributed by atoms with van der Waals surface area (Å²) in [5.41, 5.74) is 6.27. The van der Waals surface area contributed by atoms with E-state index in [0.29, 0.717) is 37.7 Å². The van der Waals surface area contributed by atoms with Crippen molar-refractivity contribution in [3.05, 3.63) is 12.4 Å². The largest absolute Gasteiger partial charge is 0.406 e. The Morgan fingerprint density at radius 1 is 1.05 bits per heavy atom. The minimum Gasteiger partial charge on any atom is -0.393 e. The van der Waals surface area contributed by atoms with Crippen LogP contribution in [0.4, 0.5) is 30.9 Å². The van der Waals surface area contributed by atoms with Gasteiger partial charge in [-0.1, -0.05) is 0 Å². The highest BCUT2D eigenvalue weighted by atomic mass is 19.4. The fourth-order valence-corrected chi connectivity index (χ4v) is 4.66. The zero-order chi connectivity index (χ0) is 27.7. The summed E-state index contributed by atoms with van der Waals surface area (Å²) in [4.78, 5) is 39.4. The molecule has 3 aromatic rings. The van der Waals surface area contributed by atoms with Crippen molar-refractivity contribution in [3.63, 3.8) is 0 Å². The topological polar surface area (TPSA) is 152 Å². The van der Waals surface area contributed by atoms with Gasteiger partial charge in [0.1, 0.15) is 6.54 Å². The zero-order valence-electron chi connectivity index (χ0n) is 21.3. The lowest BCUT2D eigenvalue weighted by molar-refractivity contribution is -0.139. The van der Waals surface area contributed by atoms with Gasteiger partial charge in [0.05, 0.1) is 31.3 Å². The van der Waals surface area contributed by atoms with Crippen molar-refractivity contribution >= 4 is 34.8 Å². The molecule has 0 bridgehead atoms. The van der Waals surface area contributed by atoms with E-state index in [2.05, 4.69) is 24.9 Å². The van der Waals surface area contributed by atoms with Gasteiger partial charge in [0, 0.05) is 51.7 Å². The number of morpholine rings is 1. The molecule has 5 heterocycles. The SMILES string of the molecule is C[C@H](O)CC(=O)N1CCN(c2nc3c(N4CCOCC4)nc(-c4cnc(N)nc4)nc3n2CC(F)(F)F)CC1. The highest BCUT2D eigenvalue weighted by Crippen LogP contribution is 2.33. The molecule has 0 unspecified atom stereocenters. The number of rotatable bonds is 6. The van der Waals surface area contributed by atoms with Crippen molar-refractivity contribution in [2.75, 3.05) is 68.0 Å². The molecule has 1 atom stereocenters. The fraction of sp³-hybridized carbons (Fsp3) is 0.565. The number of aliphatic hydroxyl groups is 1. The third-order valence-electron chi connectivity index (χ3n) is 6.52. The van der Waals surface area contributed by atoms with Crippen molar-refractivity contribution in [2.45, 2.75) is 32.2 Å². The maximum Gasteiger partial charge on any atom is 0.406 e. The van der Waals surface area contributed by atoms with E-state index in [1.807, 2.05) is 4.90 Å². The highest BCUT2D eigenvalue weighted by Gasteiger charge is 2.35. The Balaban J connectivity index is 1.59. The summed E-state index contributed by atoms with van der Waals surface area (Å²) in [6.45, 7) is 3.17. The van der Waals surface area contributed by atoms with E-state index in [-0.39, 0.29) is 67.4 Å². The number of hydrogen-bond acceptors (Lipinski definition) is 11. The standard InChI is InChI=1S/C23H29F3N10O3/c1-14(37)10-16(38)33-2-4-35(5-3-33)22-30-17-19(34-6-8-39-9-7-34)31-18(15-11-28-21(27)29-12-15)32-20(17)36(22)13-23(24,25)26/h11-12,14,37H,2-10,13H2,1H3,(H2,27,28,29)/t14-/m0/s1. The van der Waals surface area contributed by atoms with Gasteiger partial charge in [-0.15, -0.1) is 0 Å². The monoisotopic (exact) mass is 550 g/mol. The number of nitrogens with two attached hydrogens (primary N) is 1. The highest BCUT2D eigenvalue weighted by molar-refractivity contribution is 5.88. The van der Waals surface area contributed by atoms with Crippen LogP contribution in [0.3, 0.4) is 0 Å². The molecule has 2 aliphatic rings. The number of amides is 1. The normalized spacial score (nSPS) is 17.6. The van der Waals surface area contributed by atoms with E-state index >= 15 is 0 Å². The van der Waals surface area contributed by atoms with Crippen LogP contribution in [0.5, 0.6) is 0 Å². The number of carbonyl (C=O) groups is 1. The van der Waals surface area contributed by atoms with E-state index in [4.69, 9.17) is 10.5 Å². The number of alkyl halides is 3. The number of imidazole rings is 1. The van der Waals surface area contributed by atoms with Crippen molar-refractivity contribution in [1.29, 1.82) is 0 Å². The van der Waals surface area contributed by atoms with Crippen molar-refractivity contribution in [2.24, 2.45) is 0 Å². The second kappa shape index (κ2) is 10.8. The molecular weight excluding hydrogens is 521 g/mol. The van der Waals surface area contributed by atoms with Gasteiger partial charge in [-0.2, -0.15) is 13.2 Å². The molecule has 39 heavy (non-hydrogen) atoms. The third kappa shape index (κ3) is 5.95. The second-order valence-corrected chi connectivity index (χ2v) is 9.51. The first-order valence-corrected chi connectivity index (χ1v) is 12.6. The quantitative estimate of drug-likeness (QED) is 0.446. The number of piperazine rings is 1. The Bertz CT molecular complexity index is 1320. The van der Waals surface area contributed by atoms with Gasteiger partial charge in [-0.05, 0) is 6.92 Å². The first-order valence-electron chi connectivity index (χ1n) is 12.6. The summed E-state index contributed by atoms with van der Waals surface area (Å²) in [5.74, 6) is 0.475. The molecule has 3 aromatic heterocycles. The Hall–Kier alpha value is -3.79. The molecule has 0 aromatic carbocycles. The van der Waals surface area contributed by atoms with Crippen LogP contribution in [0.2, 0.25) is 0 Å². The van der Waals surface area contributed by atoms with Crippen molar-refractivity contribution in [1.82, 2.24) is 34.4 Å². The van der Waals surface area contributed by atoms with Crippen LogP contribution >= 0.6 is 0 Å². The maximum absolute atomic E-state index is 13.9. The van der Waals surface area contributed by atoms with Crippen LogP contribution < -0.4 is 15.5 Å². The molecule has 210 valence electrons. The van der Waals surface area contributed by atoms with Crippen molar-refractivity contribution < 1.29 is 27.8 Å². The van der Waals surface area contributed by atoms with E-state index in [1.54, 1.807) is 9.80 Å². The first-order chi connectivity index (χ1) is 18.6. The van der Waals surface area contributed by atoms with Crippen LogP contribution in [-0.4, -0.2) is 110 Å². The van der Waals surface area contributed by atoms with Crippen LogP contribution in [0.15, 0.2) is 12.4 Å². The summed E-state index contributed by atoms with van der Waals surface area (Å²) in [6.07, 6.45) is -2.50.